The highest BCUT2D eigenvalue weighted by atomic mass is 79.9. The third-order valence-corrected chi connectivity index (χ3v) is 5.99. The lowest BCUT2D eigenvalue weighted by Gasteiger charge is -2.14. The number of sulfone groups is 1. The maximum Gasteiger partial charge on any atom is 0.175 e. The number of anilines is 1. The van der Waals surface area contributed by atoms with Gasteiger partial charge < -0.3 is 15.0 Å². The zero-order chi connectivity index (χ0) is 21.0. The molecule has 0 radical (unpaired) electrons. The molecule has 0 spiro atoms. The minimum absolute atomic E-state index is 0.243. The molecule has 0 aliphatic rings. The first-order valence-electron chi connectivity index (χ1n) is 8.98. The van der Waals surface area contributed by atoms with E-state index in [9.17, 15) is 8.42 Å². The largest absolute Gasteiger partial charge is 0.488 e. The van der Waals surface area contributed by atoms with E-state index in [0.29, 0.717) is 5.75 Å². The molecule has 1 heterocycles. The van der Waals surface area contributed by atoms with Crippen molar-refractivity contribution in [1.82, 2.24) is 14.9 Å². The summed E-state index contributed by atoms with van der Waals surface area (Å²) in [5.41, 5.74) is 1.53. The van der Waals surface area contributed by atoms with E-state index >= 15 is 0 Å². The summed E-state index contributed by atoms with van der Waals surface area (Å²) in [6, 6.07) is 10.5. The van der Waals surface area contributed by atoms with Crippen molar-refractivity contribution < 1.29 is 13.2 Å². The number of nitrogens with one attached hydrogen (secondary N) is 1. The SMILES string of the molecule is CN(C)CCNc1ncnc2cc(OCc3cccc(S(C)(=O)=O)c3)c(Br)cc12. The van der Waals surface area contributed by atoms with E-state index in [1.54, 1.807) is 18.2 Å². The molecule has 0 aliphatic heterocycles. The number of ether oxygens (including phenoxy) is 1. The van der Waals surface area contributed by atoms with Gasteiger partial charge in [-0.15, -0.1) is 0 Å². The van der Waals surface area contributed by atoms with Crippen LogP contribution in [0, 0.1) is 0 Å². The van der Waals surface area contributed by atoms with Crippen molar-refractivity contribution in [3.8, 4) is 5.75 Å². The minimum atomic E-state index is -3.25. The Bertz CT molecular complexity index is 1120. The van der Waals surface area contributed by atoms with Crippen LogP contribution in [0.1, 0.15) is 5.56 Å². The van der Waals surface area contributed by atoms with Gasteiger partial charge in [0.2, 0.25) is 0 Å². The Balaban J connectivity index is 1.80. The first-order valence-corrected chi connectivity index (χ1v) is 11.7. The lowest BCUT2D eigenvalue weighted by molar-refractivity contribution is 0.304. The first-order chi connectivity index (χ1) is 13.7. The molecule has 1 aromatic heterocycles. The highest BCUT2D eigenvalue weighted by molar-refractivity contribution is 9.10. The van der Waals surface area contributed by atoms with Gasteiger partial charge in [-0.05, 0) is 53.8 Å². The Morgan fingerprint density at radius 2 is 1.97 bits per heavy atom. The lowest BCUT2D eigenvalue weighted by atomic mass is 10.2. The smallest absolute Gasteiger partial charge is 0.175 e. The molecule has 0 unspecified atom stereocenters. The quantitative estimate of drug-likeness (QED) is 0.531. The average molecular weight is 479 g/mol. The Hall–Kier alpha value is -2.23. The summed E-state index contributed by atoms with van der Waals surface area (Å²) >= 11 is 3.55. The van der Waals surface area contributed by atoms with Crippen molar-refractivity contribution in [3.63, 3.8) is 0 Å². The molecule has 7 nitrogen and oxygen atoms in total. The summed E-state index contributed by atoms with van der Waals surface area (Å²) in [6.45, 7) is 1.90. The zero-order valence-corrected chi connectivity index (χ0v) is 18.9. The van der Waals surface area contributed by atoms with Gasteiger partial charge in [0.1, 0.15) is 24.5 Å². The summed E-state index contributed by atoms with van der Waals surface area (Å²) in [5.74, 6) is 1.39. The van der Waals surface area contributed by atoms with Crippen LogP contribution < -0.4 is 10.1 Å². The zero-order valence-electron chi connectivity index (χ0n) is 16.5. The third kappa shape index (κ3) is 5.65. The minimum Gasteiger partial charge on any atom is -0.488 e. The maximum absolute atomic E-state index is 11.7. The fourth-order valence-corrected chi connectivity index (χ4v) is 3.88. The molecule has 9 heteroatoms. The van der Waals surface area contributed by atoms with Gasteiger partial charge in [-0.2, -0.15) is 0 Å². The summed E-state index contributed by atoms with van der Waals surface area (Å²) in [6.07, 6.45) is 2.71. The molecule has 0 fully saturated rings. The van der Waals surface area contributed by atoms with Crippen LogP contribution in [0.3, 0.4) is 0 Å². The standard InChI is InChI=1S/C20H23BrN4O3S/c1-25(2)8-7-22-20-16-10-17(21)19(11-18(16)23-13-24-20)28-12-14-5-4-6-15(9-14)29(3,26)27/h4-6,9-11,13H,7-8,12H2,1-3H3,(H,22,23,24). The van der Waals surface area contributed by atoms with Crippen molar-refractivity contribution in [2.24, 2.45) is 0 Å². The molecule has 0 saturated carbocycles. The van der Waals surface area contributed by atoms with Crippen LogP contribution in [0.15, 0.2) is 52.1 Å². The van der Waals surface area contributed by atoms with Crippen molar-refractivity contribution >= 4 is 42.5 Å². The van der Waals surface area contributed by atoms with Gasteiger partial charge in [-0.25, -0.2) is 18.4 Å². The molecular weight excluding hydrogens is 456 g/mol. The Morgan fingerprint density at radius 1 is 1.17 bits per heavy atom. The van der Waals surface area contributed by atoms with Crippen LogP contribution in [0.2, 0.25) is 0 Å². The molecule has 0 saturated heterocycles. The molecular formula is C20H23BrN4O3S. The summed E-state index contributed by atoms with van der Waals surface area (Å²) < 4.78 is 30.2. The van der Waals surface area contributed by atoms with Crippen LogP contribution in [-0.2, 0) is 16.4 Å². The van der Waals surface area contributed by atoms with E-state index in [1.165, 1.54) is 12.6 Å². The molecule has 3 rings (SSSR count). The van der Waals surface area contributed by atoms with E-state index < -0.39 is 9.84 Å². The van der Waals surface area contributed by atoms with Gasteiger partial charge >= 0.3 is 0 Å². The van der Waals surface area contributed by atoms with Gasteiger partial charge in [-0.1, -0.05) is 12.1 Å². The summed E-state index contributed by atoms with van der Waals surface area (Å²) in [7, 11) is 0.784. The number of likely N-dealkylation sites (N-methyl/N-ethyl adjacent to an activating group) is 1. The monoisotopic (exact) mass is 478 g/mol. The van der Waals surface area contributed by atoms with Crippen LogP contribution in [0.4, 0.5) is 5.82 Å². The lowest BCUT2D eigenvalue weighted by Crippen LogP contribution is -2.21. The number of benzene rings is 2. The molecule has 0 amide bonds. The fourth-order valence-electron chi connectivity index (χ4n) is 2.73. The van der Waals surface area contributed by atoms with E-state index in [4.69, 9.17) is 4.74 Å². The van der Waals surface area contributed by atoms with Crippen LogP contribution in [0.5, 0.6) is 5.75 Å². The van der Waals surface area contributed by atoms with Crippen LogP contribution in [0.25, 0.3) is 10.9 Å². The van der Waals surface area contributed by atoms with Gasteiger partial charge in [0.15, 0.2) is 9.84 Å². The van der Waals surface area contributed by atoms with Crippen LogP contribution >= 0.6 is 15.9 Å². The average Bonchev–Trinajstić information content (AvgIpc) is 2.66. The number of aromatic nitrogens is 2. The summed E-state index contributed by atoms with van der Waals surface area (Å²) in [4.78, 5) is 11.1. The second-order valence-corrected chi connectivity index (χ2v) is 9.83. The predicted molar refractivity (Wildman–Crippen MR) is 118 cm³/mol. The molecule has 3 aromatic rings. The van der Waals surface area contributed by atoms with Crippen molar-refractivity contribution in [2.75, 3.05) is 38.8 Å². The highest BCUT2D eigenvalue weighted by Crippen LogP contribution is 2.32. The van der Waals surface area contributed by atoms with Gasteiger partial charge in [-0.3, -0.25) is 0 Å². The molecule has 0 atom stereocenters. The van der Waals surface area contributed by atoms with E-state index in [1.807, 2.05) is 32.3 Å². The first kappa shape index (κ1) is 21.5. The molecule has 0 aliphatic carbocycles. The number of hydrogen-bond donors (Lipinski definition) is 1. The Morgan fingerprint density at radius 3 is 2.69 bits per heavy atom. The second kappa shape index (κ2) is 9.06. The van der Waals surface area contributed by atoms with Crippen LogP contribution in [-0.4, -0.2) is 56.7 Å². The Kier molecular flexibility index (Phi) is 6.71. The number of nitrogens with zero attached hydrogens (tertiary/aromatic N) is 3. The van der Waals surface area contributed by atoms with Crippen molar-refractivity contribution in [2.45, 2.75) is 11.5 Å². The molecule has 1 N–H and O–H groups in total. The topological polar surface area (TPSA) is 84.4 Å². The van der Waals surface area contributed by atoms with E-state index in [-0.39, 0.29) is 11.5 Å². The molecule has 2 aromatic carbocycles. The normalized spacial score (nSPS) is 11.8. The number of rotatable bonds is 8. The predicted octanol–water partition coefficient (Wildman–Crippen LogP) is 3.35. The third-order valence-electron chi connectivity index (χ3n) is 4.26. The Labute approximate surface area is 179 Å². The number of fused-ring (bicyclic) bond motifs is 1. The highest BCUT2D eigenvalue weighted by Gasteiger charge is 2.11. The summed E-state index contributed by atoms with van der Waals surface area (Å²) in [5, 5.41) is 4.23. The van der Waals surface area contributed by atoms with Crippen molar-refractivity contribution in [1.29, 1.82) is 0 Å². The maximum atomic E-state index is 11.7. The van der Waals surface area contributed by atoms with Gasteiger partial charge in [0.05, 0.1) is 14.9 Å². The van der Waals surface area contributed by atoms with Gasteiger partial charge in [0, 0.05) is 30.8 Å². The van der Waals surface area contributed by atoms with Crippen molar-refractivity contribution in [3.05, 3.63) is 52.8 Å². The van der Waals surface area contributed by atoms with Gasteiger partial charge in [0.25, 0.3) is 0 Å². The number of halogens is 1. The molecule has 154 valence electrons. The second-order valence-electron chi connectivity index (χ2n) is 6.96. The fraction of sp³-hybridized carbons (Fsp3) is 0.300. The molecule has 29 heavy (non-hydrogen) atoms. The number of hydrogen-bond acceptors (Lipinski definition) is 7. The molecule has 0 bridgehead atoms. The van der Waals surface area contributed by atoms with E-state index in [2.05, 4.69) is 36.1 Å². The van der Waals surface area contributed by atoms with E-state index in [0.717, 1.165) is 39.8 Å².